The predicted octanol–water partition coefficient (Wildman–Crippen LogP) is 0.877. The Morgan fingerprint density at radius 3 is 2.77 bits per heavy atom. The second-order valence-corrected chi connectivity index (χ2v) is 7.11. The number of nitrogens with one attached hydrogen (secondary N) is 1. The smallest absolute Gasteiger partial charge is 0.255 e. The van der Waals surface area contributed by atoms with Gasteiger partial charge in [0, 0.05) is 39.1 Å². The molecule has 8 heteroatoms. The Kier molecular flexibility index (Phi) is 4.36. The fraction of sp³-hybridized carbons (Fsp3) is 0.556. The monoisotopic (exact) mass is 357 g/mol. The highest BCUT2D eigenvalue weighted by molar-refractivity contribution is 6.00. The second kappa shape index (κ2) is 6.68. The molecule has 3 heterocycles. The Hall–Kier alpha value is -2.48. The molecular formula is C18H23N5O3. The summed E-state index contributed by atoms with van der Waals surface area (Å²) >= 11 is 0. The summed E-state index contributed by atoms with van der Waals surface area (Å²) in [5.41, 5.74) is 0.680. The van der Waals surface area contributed by atoms with Crippen molar-refractivity contribution in [3.8, 4) is 0 Å². The summed E-state index contributed by atoms with van der Waals surface area (Å²) in [6.45, 7) is 2.06. The van der Waals surface area contributed by atoms with Gasteiger partial charge in [0.2, 0.25) is 0 Å². The van der Waals surface area contributed by atoms with Crippen LogP contribution < -0.4 is 5.32 Å². The van der Waals surface area contributed by atoms with Crippen LogP contribution >= 0.6 is 0 Å². The van der Waals surface area contributed by atoms with Crippen molar-refractivity contribution in [3.05, 3.63) is 30.4 Å². The number of ether oxygens (including phenoxy) is 1. The molecule has 0 atom stereocenters. The first-order chi connectivity index (χ1) is 12.6. The molecule has 2 aliphatic rings. The summed E-state index contributed by atoms with van der Waals surface area (Å²) in [4.78, 5) is 30.9. The van der Waals surface area contributed by atoms with Crippen LogP contribution in [0.5, 0.6) is 0 Å². The Bertz CT molecular complexity index is 821. The molecule has 2 fully saturated rings. The van der Waals surface area contributed by atoms with Gasteiger partial charge in [0.1, 0.15) is 5.60 Å². The van der Waals surface area contributed by atoms with Crippen LogP contribution in [0.2, 0.25) is 0 Å². The van der Waals surface area contributed by atoms with E-state index in [0.29, 0.717) is 23.5 Å². The molecule has 0 bridgehead atoms. The summed E-state index contributed by atoms with van der Waals surface area (Å²) in [6.07, 6.45) is 9.98. The third kappa shape index (κ3) is 3.05. The number of carbonyl (C=O) groups is 2. The van der Waals surface area contributed by atoms with Gasteiger partial charge in [-0.15, -0.1) is 0 Å². The molecule has 26 heavy (non-hydrogen) atoms. The number of aromatic nitrogens is 3. The van der Waals surface area contributed by atoms with Crippen molar-refractivity contribution in [2.24, 2.45) is 5.92 Å². The molecule has 138 valence electrons. The molecule has 2 aromatic rings. The number of rotatable bonds is 5. The van der Waals surface area contributed by atoms with Crippen LogP contribution in [-0.4, -0.2) is 63.7 Å². The van der Waals surface area contributed by atoms with Gasteiger partial charge in [-0.2, -0.15) is 5.10 Å². The lowest BCUT2D eigenvalue weighted by Crippen LogP contribution is -2.47. The van der Waals surface area contributed by atoms with E-state index in [1.54, 1.807) is 36.4 Å². The molecule has 8 nitrogen and oxygen atoms in total. The lowest BCUT2D eigenvalue weighted by Gasteiger charge is -2.34. The highest BCUT2D eigenvalue weighted by Crippen LogP contribution is 2.41. The minimum Gasteiger partial charge on any atom is -0.368 e. The molecule has 1 saturated carbocycles. The van der Waals surface area contributed by atoms with E-state index in [1.165, 1.54) is 0 Å². The van der Waals surface area contributed by atoms with Gasteiger partial charge in [-0.3, -0.25) is 14.6 Å². The summed E-state index contributed by atoms with van der Waals surface area (Å²) < 4.78 is 7.02. The van der Waals surface area contributed by atoms with Crippen LogP contribution in [0.4, 0.5) is 0 Å². The van der Waals surface area contributed by atoms with Crippen LogP contribution in [0.3, 0.4) is 0 Å². The van der Waals surface area contributed by atoms with Crippen molar-refractivity contribution in [2.75, 3.05) is 26.7 Å². The van der Waals surface area contributed by atoms with Gasteiger partial charge in [-0.05, 0) is 31.6 Å². The number of piperidine rings is 1. The Labute approximate surface area is 151 Å². The molecule has 0 aromatic carbocycles. The number of fused-ring (bicyclic) bond motifs is 1. The summed E-state index contributed by atoms with van der Waals surface area (Å²) in [7, 11) is 1.61. The third-order valence-corrected chi connectivity index (χ3v) is 5.51. The standard InChI is InChI=1S/C18H23N5O3/c1-26-18(4-5-18)17(25)22-7-2-13(3-8-22)10-20-16(24)14-11-21-23-9-6-19-12-15(14)23/h6,9,11-13H,2-5,7-8,10H2,1H3,(H,20,24). The average Bonchev–Trinajstić information content (AvgIpc) is 3.37. The van der Waals surface area contributed by atoms with Gasteiger partial charge in [0.05, 0.1) is 23.5 Å². The summed E-state index contributed by atoms with van der Waals surface area (Å²) in [5.74, 6) is 0.366. The number of hydrogen-bond donors (Lipinski definition) is 1. The number of likely N-dealkylation sites (tertiary alicyclic amines) is 1. The van der Waals surface area contributed by atoms with E-state index in [2.05, 4.69) is 15.4 Å². The maximum absolute atomic E-state index is 12.5. The van der Waals surface area contributed by atoms with E-state index in [0.717, 1.165) is 38.8 Å². The van der Waals surface area contributed by atoms with Gasteiger partial charge in [-0.1, -0.05) is 0 Å². The topological polar surface area (TPSA) is 88.8 Å². The van der Waals surface area contributed by atoms with E-state index in [4.69, 9.17) is 4.74 Å². The van der Waals surface area contributed by atoms with Crippen LogP contribution in [-0.2, 0) is 9.53 Å². The Balaban J connectivity index is 1.28. The normalized spacial score (nSPS) is 19.5. The van der Waals surface area contributed by atoms with Crippen LogP contribution in [0.15, 0.2) is 24.8 Å². The fourth-order valence-corrected chi connectivity index (χ4v) is 3.59. The van der Waals surface area contributed by atoms with Crippen molar-refractivity contribution in [1.29, 1.82) is 0 Å². The number of hydrogen-bond acceptors (Lipinski definition) is 5. The van der Waals surface area contributed by atoms with E-state index < -0.39 is 5.60 Å². The molecule has 0 unspecified atom stereocenters. The van der Waals surface area contributed by atoms with Crippen LogP contribution in [0.1, 0.15) is 36.0 Å². The summed E-state index contributed by atoms with van der Waals surface area (Å²) in [5, 5.41) is 7.16. The molecule has 0 radical (unpaired) electrons. The zero-order chi connectivity index (χ0) is 18.1. The van der Waals surface area contributed by atoms with E-state index >= 15 is 0 Å². The van der Waals surface area contributed by atoms with Crippen LogP contribution in [0, 0.1) is 5.92 Å². The highest BCUT2D eigenvalue weighted by Gasteiger charge is 2.52. The molecule has 1 saturated heterocycles. The molecule has 1 N–H and O–H groups in total. The maximum atomic E-state index is 12.5. The molecule has 1 aliphatic carbocycles. The van der Waals surface area contributed by atoms with Crippen molar-refractivity contribution >= 4 is 17.3 Å². The first kappa shape index (κ1) is 17.0. The van der Waals surface area contributed by atoms with Crippen molar-refractivity contribution in [3.63, 3.8) is 0 Å². The van der Waals surface area contributed by atoms with Gasteiger partial charge in [-0.25, -0.2) is 4.52 Å². The second-order valence-electron chi connectivity index (χ2n) is 7.11. The first-order valence-electron chi connectivity index (χ1n) is 9.03. The SMILES string of the molecule is COC1(C(=O)N2CCC(CNC(=O)c3cnn4ccncc34)CC2)CC1. The zero-order valence-corrected chi connectivity index (χ0v) is 14.9. The van der Waals surface area contributed by atoms with Gasteiger partial charge in [0.25, 0.3) is 11.8 Å². The predicted molar refractivity (Wildman–Crippen MR) is 93.6 cm³/mol. The molecule has 4 rings (SSSR count). The van der Waals surface area contributed by atoms with Crippen molar-refractivity contribution < 1.29 is 14.3 Å². The van der Waals surface area contributed by atoms with Gasteiger partial charge >= 0.3 is 0 Å². The quantitative estimate of drug-likeness (QED) is 0.858. The zero-order valence-electron chi connectivity index (χ0n) is 14.9. The minimum atomic E-state index is -0.543. The lowest BCUT2D eigenvalue weighted by atomic mass is 9.96. The van der Waals surface area contributed by atoms with Crippen molar-refractivity contribution in [1.82, 2.24) is 24.8 Å². The summed E-state index contributed by atoms with van der Waals surface area (Å²) in [6, 6.07) is 0. The van der Waals surface area contributed by atoms with Crippen molar-refractivity contribution in [2.45, 2.75) is 31.3 Å². The van der Waals surface area contributed by atoms with E-state index in [1.807, 2.05) is 4.90 Å². The fourth-order valence-electron chi connectivity index (χ4n) is 3.59. The molecule has 0 spiro atoms. The highest BCUT2D eigenvalue weighted by atomic mass is 16.5. The van der Waals surface area contributed by atoms with Gasteiger partial charge < -0.3 is 15.0 Å². The largest absolute Gasteiger partial charge is 0.368 e. The third-order valence-electron chi connectivity index (χ3n) is 5.51. The average molecular weight is 357 g/mol. The molecular weight excluding hydrogens is 334 g/mol. The lowest BCUT2D eigenvalue weighted by molar-refractivity contribution is -0.146. The Morgan fingerprint density at radius 1 is 1.31 bits per heavy atom. The van der Waals surface area contributed by atoms with Crippen LogP contribution in [0.25, 0.3) is 5.52 Å². The number of carbonyl (C=O) groups excluding carboxylic acids is 2. The van der Waals surface area contributed by atoms with E-state index in [9.17, 15) is 9.59 Å². The number of nitrogens with zero attached hydrogens (tertiary/aromatic N) is 4. The number of methoxy groups -OCH3 is 1. The minimum absolute atomic E-state index is 0.126. The number of amides is 2. The Morgan fingerprint density at radius 2 is 2.08 bits per heavy atom. The maximum Gasteiger partial charge on any atom is 0.255 e. The first-order valence-corrected chi connectivity index (χ1v) is 9.03. The molecule has 1 aliphatic heterocycles. The molecule has 2 aromatic heterocycles. The van der Waals surface area contributed by atoms with E-state index in [-0.39, 0.29) is 11.8 Å². The molecule has 2 amide bonds. The van der Waals surface area contributed by atoms with Gasteiger partial charge in [0.15, 0.2) is 0 Å².